The zero-order chi connectivity index (χ0) is 10.6. The van der Waals surface area contributed by atoms with Crippen LogP contribution in [0.2, 0.25) is 0 Å². The van der Waals surface area contributed by atoms with Crippen molar-refractivity contribution in [3.8, 4) is 5.75 Å². The molecule has 1 aromatic heterocycles. The van der Waals surface area contributed by atoms with Crippen molar-refractivity contribution in [2.75, 3.05) is 6.54 Å². The number of rotatable bonds is 4. The fourth-order valence-corrected chi connectivity index (χ4v) is 1.23. The van der Waals surface area contributed by atoms with E-state index in [0.29, 0.717) is 5.69 Å². The monoisotopic (exact) mass is 196 g/mol. The van der Waals surface area contributed by atoms with Crippen molar-refractivity contribution in [1.82, 2.24) is 4.98 Å². The van der Waals surface area contributed by atoms with Gasteiger partial charge in [0.1, 0.15) is 5.75 Å². The van der Waals surface area contributed by atoms with Crippen molar-refractivity contribution in [2.45, 2.75) is 12.3 Å². The molecule has 0 aliphatic rings. The molecule has 0 amide bonds. The highest BCUT2D eigenvalue weighted by molar-refractivity contribution is 5.68. The van der Waals surface area contributed by atoms with Crippen LogP contribution in [0.25, 0.3) is 0 Å². The normalized spacial score (nSPS) is 12.4. The number of hydrogen-bond acceptors (Lipinski definition) is 4. The highest BCUT2D eigenvalue weighted by atomic mass is 16.4. The molecule has 0 aliphatic carbocycles. The molecule has 76 valence electrons. The van der Waals surface area contributed by atoms with Gasteiger partial charge in [0.15, 0.2) is 0 Å². The van der Waals surface area contributed by atoms with Gasteiger partial charge in [0.2, 0.25) is 0 Å². The molecule has 1 unspecified atom stereocenters. The maximum atomic E-state index is 10.5. The first-order chi connectivity index (χ1) is 6.65. The molecule has 0 aliphatic heterocycles. The molecule has 1 aromatic rings. The van der Waals surface area contributed by atoms with Gasteiger partial charge in [-0.2, -0.15) is 0 Å². The van der Waals surface area contributed by atoms with E-state index in [0.717, 1.165) is 0 Å². The molecule has 14 heavy (non-hydrogen) atoms. The summed E-state index contributed by atoms with van der Waals surface area (Å²) >= 11 is 0. The van der Waals surface area contributed by atoms with E-state index in [-0.39, 0.29) is 18.7 Å². The predicted octanol–water partition coefficient (Wildman–Crippen LogP) is 0.304. The Morgan fingerprint density at radius 3 is 2.86 bits per heavy atom. The molecule has 0 aromatic carbocycles. The smallest absolute Gasteiger partial charge is 0.304 e. The van der Waals surface area contributed by atoms with Gasteiger partial charge < -0.3 is 15.9 Å². The summed E-state index contributed by atoms with van der Waals surface area (Å²) in [5.74, 6) is -1.40. The highest BCUT2D eigenvalue weighted by Crippen LogP contribution is 2.24. The topological polar surface area (TPSA) is 96.4 Å². The Morgan fingerprint density at radius 1 is 1.64 bits per heavy atom. The van der Waals surface area contributed by atoms with Crippen molar-refractivity contribution >= 4 is 5.97 Å². The summed E-state index contributed by atoms with van der Waals surface area (Å²) in [6.45, 7) is 0.150. The molecule has 0 radical (unpaired) electrons. The number of aromatic hydroxyl groups is 1. The van der Waals surface area contributed by atoms with Crippen LogP contribution in [0.1, 0.15) is 18.0 Å². The third-order valence-corrected chi connectivity index (χ3v) is 1.91. The summed E-state index contributed by atoms with van der Waals surface area (Å²) in [7, 11) is 0. The molecule has 0 fully saturated rings. The van der Waals surface area contributed by atoms with Crippen LogP contribution in [-0.2, 0) is 4.79 Å². The Labute approximate surface area is 81.2 Å². The fourth-order valence-electron chi connectivity index (χ4n) is 1.23. The Kier molecular flexibility index (Phi) is 3.41. The fraction of sp³-hybridized carbons (Fsp3) is 0.333. The van der Waals surface area contributed by atoms with Gasteiger partial charge in [-0.05, 0) is 12.1 Å². The first kappa shape index (κ1) is 10.5. The number of nitrogens with two attached hydrogens (primary N) is 1. The van der Waals surface area contributed by atoms with E-state index in [1.807, 2.05) is 0 Å². The summed E-state index contributed by atoms with van der Waals surface area (Å²) in [4.78, 5) is 14.4. The lowest BCUT2D eigenvalue weighted by molar-refractivity contribution is -0.137. The third-order valence-electron chi connectivity index (χ3n) is 1.91. The summed E-state index contributed by atoms with van der Waals surface area (Å²) < 4.78 is 0. The van der Waals surface area contributed by atoms with Crippen LogP contribution in [0.3, 0.4) is 0 Å². The Balaban J connectivity index is 2.89. The number of nitrogens with zero attached hydrogens (tertiary/aromatic N) is 1. The second-order valence-corrected chi connectivity index (χ2v) is 2.94. The third kappa shape index (κ3) is 2.43. The van der Waals surface area contributed by atoms with Crippen LogP contribution in [0.15, 0.2) is 18.3 Å². The van der Waals surface area contributed by atoms with Crippen molar-refractivity contribution < 1.29 is 15.0 Å². The van der Waals surface area contributed by atoms with E-state index in [4.69, 9.17) is 10.8 Å². The van der Waals surface area contributed by atoms with Crippen molar-refractivity contribution in [3.05, 3.63) is 24.0 Å². The Bertz CT molecular complexity index is 328. The van der Waals surface area contributed by atoms with Crippen LogP contribution < -0.4 is 5.73 Å². The number of carboxylic acid groups (broad SMARTS) is 1. The number of aliphatic carboxylic acids is 1. The van der Waals surface area contributed by atoms with E-state index in [9.17, 15) is 9.90 Å². The summed E-state index contributed by atoms with van der Waals surface area (Å²) in [5.41, 5.74) is 5.75. The van der Waals surface area contributed by atoms with Crippen LogP contribution in [0.5, 0.6) is 5.75 Å². The molecular weight excluding hydrogens is 184 g/mol. The average Bonchev–Trinajstić information content (AvgIpc) is 2.15. The SMILES string of the molecule is NCC(CC(=O)O)c1ncccc1O. The van der Waals surface area contributed by atoms with Crippen LogP contribution in [0.4, 0.5) is 0 Å². The molecule has 0 saturated heterocycles. The van der Waals surface area contributed by atoms with Gasteiger partial charge >= 0.3 is 5.97 Å². The molecule has 5 nitrogen and oxygen atoms in total. The molecule has 0 saturated carbocycles. The standard InChI is InChI=1S/C9H12N2O3/c10-5-6(4-8(13)14)9-7(12)2-1-3-11-9/h1-3,6,12H,4-5,10H2,(H,13,14). The first-order valence-electron chi connectivity index (χ1n) is 4.21. The number of aromatic nitrogens is 1. The molecule has 4 N–H and O–H groups in total. The van der Waals surface area contributed by atoms with E-state index in [2.05, 4.69) is 4.98 Å². The van der Waals surface area contributed by atoms with Gasteiger partial charge in [0, 0.05) is 18.7 Å². The zero-order valence-corrected chi connectivity index (χ0v) is 7.55. The number of carboxylic acids is 1. The molecule has 0 bridgehead atoms. The van der Waals surface area contributed by atoms with Crippen molar-refractivity contribution in [3.63, 3.8) is 0 Å². The molecular formula is C9H12N2O3. The van der Waals surface area contributed by atoms with Gasteiger partial charge in [-0.3, -0.25) is 9.78 Å². The zero-order valence-electron chi connectivity index (χ0n) is 7.55. The lowest BCUT2D eigenvalue weighted by atomic mass is 10.0. The molecule has 0 spiro atoms. The van der Waals surface area contributed by atoms with E-state index >= 15 is 0 Å². The van der Waals surface area contributed by atoms with Gasteiger partial charge in [-0.25, -0.2) is 0 Å². The van der Waals surface area contributed by atoms with Gasteiger partial charge in [-0.15, -0.1) is 0 Å². The minimum absolute atomic E-state index is 0.01000. The maximum absolute atomic E-state index is 10.5. The Hall–Kier alpha value is -1.62. The van der Waals surface area contributed by atoms with Gasteiger partial charge in [0.05, 0.1) is 12.1 Å². The number of carbonyl (C=O) groups is 1. The summed E-state index contributed by atoms with van der Waals surface area (Å²) in [6.07, 6.45) is 1.38. The van der Waals surface area contributed by atoms with E-state index in [1.54, 1.807) is 6.07 Å². The molecule has 1 rings (SSSR count). The van der Waals surface area contributed by atoms with Gasteiger partial charge in [-0.1, -0.05) is 0 Å². The van der Waals surface area contributed by atoms with Crippen molar-refractivity contribution in [1.29, 1.82) is 0 Å². The Morgan fingerprint density at radius 2 is 2.36 bits per heavy atom. The predicted molar refractivity (Wildman–Crippen MR) is 50.0 cm³/mol. The van der Waals surface area contributed by atoms with Crippen LogP contribution in [0, 0.1) is 0 Å². The maximum Gasteiger partial charge on any atom is 0.304 e. The lowest BCUT2D eigenvalue weighted by Gasteiger charge is -2.12. The van der Waals surface area contributed by atoms with Crippen LogP contribution >= 0.6 is 0 Å². The first-order valence-corrected chi connectivity index (χ1v) is 4.21. The highest BCUT2D eigenvalue weighted by Gasteiger charge is 2.18. The average molecular weight is 196 g/mol. The molecule has 1 atom stereocenters. The number of pyridine rings is 1. The van der Waals surface area contributed by atoms with E-state index in [1.165, 1.54) is 12.3 Å². The minimum Gasteiger partial charge on any atom is -0.506 e. The minimum atomic E-state index is -0.953. The van der Waals surface area contributed by atoms with E-state index < -0.39 is 11.9 Å². The quantitative estimate of drug-likeness (QED) is 0.643. The summed E-state index contributed by atoms with van der Waals surface area (Å²) in [5, 5.41) is 18.0. The molecule has 1 heterocycles. The van der Waals surface area contributed by atoms with Gasteiger partial charge in [0.25, 0.3) is 0 Å². The second-order valence-electron chi connectivity index (χ2n) is 2.94. The molecule has 5 heteroatoms. The summed E-state index contributed by atoms with van der Waals surface area (Å²) in [6, 6.07) is 3.04. The van der Waals surface area contributed by atoms with Crippen molar-refractivity contribution in [2.24, 2.45) is 5.73 Å². The van der Waals surface area contributed by atoms with Crippen LogP contribution in [-0.4, -0.2) is 27.7 Å². The number of hydrogen-bond donors (Lipinski definition) is 3. The lowest BCUT2D eigenvalue weighted by Crippen LogP contribution is -2.17. The largest absolute Gasteiger partial charge is 0.506 e. The second kappa shape index (κ2) is 4.57.